The van der Waals surface area contributed by atoms with Crippen molar-refractivity contribution >= 4 is 52.4 Å². The Bertz CT molecular complexity index is 989. The summed E-state index contributed by atoms with van der Waals surface area (Å²) in [5.74, 6) is 2.33. The van der Waals surface area contributed by atoms with E-state index in [4.69, 9.17) is 21.1 Å². The summed E-state index contributed by atoms with van der Waals surface area (Å²) >= 11 is 6.11. The number of fused-ring (bicyclic) bond motifs is 2. The SMILES string of the molecule is CN=C(NCCc1c[nH]c2ccc(Cl)cc12)NCc1ccc2c(c1)OCO2.I. The van der Waals surface area contributed by atoms with E-state index in [0.717, 1.165) is 51.9 Å². The average Bonchev–Trinajstić information content (AvgIpc) is 3.30. The molecule has 1 aliphatic rings. The lowest BCUT2D eigenvalue weighted by molar-refractivity contribution is 0.174. The Morgan fingerprint density at radius 3 is 2.86 bits per heavy atom. The molecule has 8 heteroatoms. The second kappa shape index (κ2) is 9.38. The van der Waals surface area contributed by atoms with Gasteiger partial charge in [-0.25, -0.2) is 0 Å². The third-order valence-corrected chi connectivity index (χ3v) is 4.77. The van der Waals surface area contributed by atoms with Crippen molar-refractivity contribution in [1.29, 1.82) is 0 Å². The molecule has 0 radical (unpaired) electrons. The lowest BCUT2D eigenvalue weighted by Crippen LogP contribution is -2.37. The predicted octanol–water partition coefficient (Wildman–Crippen LogP) is 4.08. The molecule has 0 unspecified atom stereocenters. The van der Waals surface area contributed by atoms with E-state index in [-0.39, 0.29) is 30.8 Å². The summed E-state index contributed by atoms with van der Waals surface area (Å²) in [6, 6.07) is 11.8. The molecule has 28 heavy (non-hydrogen) atoms. The molecule has 0 amide bonds. The summed E-state index contributed by atoms with van der Waals surface area (Å²) in [5.41, 5.74) is 3.43. The lowest BCUT2D eigenvalue weighted by atomic mass is 10.1. The summed E-state index contributed by atoms with van der Waals surface area (Å²) < 4.78 is 10.8. The Labute approximate surface area is 185 Å². The molecular weight excluding hydrogens is 491 g/mol. The third-order valence-electron chi connectivity index (χ3n) is 4.54. The van der Waals surface area contributed by atoms with Gasteiger partial charge in [0.25, 0.3) is 0 Å². The summed E-state index contributed by atoms with van der Waals surface area (Å²) in [6.45, 7) is 1.70. The van der Waals surface area contributed by atoms with Gasteiger partial charge in [0.05, 0.1) is 0 Å². The van der Waals surface area contributed by atoms with Gasteiger partial charge < -0.3 is 25.1 Å². The highest BCUT2D eigenvalue weighted by atomic mass is 127. The van der Waals surface area contributed by atoms with Crippen molar-refractivity contribution in [1.82, 2.24) is 15.6 Å². The van der Waals surface area contributed by atoms with E-state index in [2.05, 4.69) is 20.6 Å². The van der Waals surface area contributed by atoms with Crippen molar-refractivity contribution in [2.24, 2.45) is 4.99 Å². The number of nitrogens with one attached hydrogen (secondary N) is 3. The number of aliphatic imine (C=N–C) groups is 1. The van der Waals surface area contributed by atoms with Crippen molar-refractivity contribution in [3.05, 3.63) is 58.7 Å². The monoisotopic (exact) mass is 512 g/mol. The second-order valence-electron chi connectivity index (χ2n) is 6.29. The first-order valence-electron chi connectivity index (χ1n) is 8.81. The fourth-order valence-electron chi connectivity index (χ4n) is 3.13. The molecule has 0 saturated heterocycles. The minimum absolute atomic E-state index is 0. The van der Waals surface area contributed by atoms with Gasteiger partial charge in [-0.2, -0.15) is 0 Å². The van der Waals surface area contributed by atoms with Crippen molar-refractivity contribution in [2.75, 3.05) is 20.4 Å². The van der Waals surface area contributed by atoms with Crippen LogP contribution in [0.4, 0.5) is 0 Å². The third kappa shape index (κ3) is 4.64. The highest BCUT2D eigenvalue weighted by Gasteiger charge is 2.13. The Balaban J connectivity index is 0.00000225. The van der Waals surface area contributed by atoms with E-state index in [0.29, 0.717) is 6.54 Å². The normalized spacial score (nSPS) is 12.7. The van der Waals surface area contributed by atoms with Crippen LogP contribution in [0.2, 0.25) is 5.02 Å². The number of halogens is 2. The predicted molar refractivity (Wildman–Crippen MR) is 123 cm³/mol. The zero-order chi connectivity index (χ0) is 18.6. The maximum atomic E-state index is 6.11. The Kier molecular flexibility index (Phi) is 6.90. The van der Waals surface area contributed by atoms with Gasteiger partial charge in [-0.3, -0.25) is 4.99 Å². The largest absolute Gasteiger partial charge is 0.454 e. The molecule has 1 aromatic heterocycles. The van der Waals surface area contributed by atoms with E-state index in [1.54, 1.807) is 7.05 Å². The molecule has 0 saturated carbocycles. The maximum absolute atomic E-state index is 6.11. The summed E-state index contributed by atoms with van der Waals surface area (Å²) in [7, 11) is 1.76. The molecule has 0 atom stereocenters. The van der Waals surface area contributed by atoms with Gasteiger partial charge in [0.15, 0.2) is 17.5 Å². The summed E-state index contributed by atoms with van der Waals surface area (Å²) in [5, 5.41) is 8.57. The number of hydrogen-bond donors (Lipinski definition) is 3. The molecule has 1 aliphatic heterocycles. The first-order chi connectivity index (χ1) is 13.2. The van der Waals surface area contributed by atoms with E-state index < -0.39 is 0 Å². The van der Waals surface area contributed by atoms with Gasteiger partial charge in [-0.1, -0.05) is 17.7 Å². The average molecular weight is 513 g/mol. The number of rotatable bonds is 5. The van der Waals surface area contributed by atoms with Gasteiger partial charge in [0.2, 0.25) is 6.79 Å². The van der Waals surface area contributed by atoms with Crippen LogP contribution in [0, 0.1) is 0 Å². The van der Waals surface area contributed by atoms with Crippen LogP contribution in [-0.2, 0) is 13.0 Å². The molecule has 0 fully saturated rings. The smallest absolute Gasteiger partial charge is 0.231 e. The van der Waals surface area contributed by atoms with Gasteiger partial charge in [-0.15, -0.1) is 24.0 Å². The van der Waals surface area contributed by atoms with E-state index in [1.165, 1.54) is 5.56 Å². The molecule has 3 aromatic rings. The minimum atomic E-state index is 0. The Morgan fingerprint density at radius 1 is 1.14 bits per heavy atom. The maximum Gasteiger partial charge on any atom is 0.231 e. The highest BCUT2D eigenvalue weighted by Crippen LogP contribution is 2.32. The van der Waals surface area contributed by atoms with Crippen LogP contribution < -0.4 is 20.1 Å². The quantitative estimate of drug-likeness (QED) is 0.274. The molecule has 6 nitrogen and oxygen atoms in total. The second-order valence-corrected chi connectivity index (χ2v) is 6.73. The van der Waals surface area contributed by atoms with Crippen LogP contribution in [-0.4, -0.2) is 31.3 Å². The lowest BCUT2D eigenvalue weighted by Gasteiger charge is -2.12. The van der Waals surface area contributed by atoms with Crippen molar-refractivity contribution < 1.29 is 9.47 Å². The fraction of sp³-hybridized carbons (Fsp3) is 0.250. The molecule has 2 aromatic carbocycles. The molecule has 3 N–H and O–H groups in total. The van der Waals surface area contributed by atoms with E-state index in [9.17, 15) is 0 Å². The van der Waals surface area contributed by atoms with Gasteiger partial charge in [0, 0.05) is 42.3 Å². The molecule has 4 rings (SSSR count). The summed E-state index contributed by atoms with van der Waals surface area (Å²) in [6.07, 6.45) is 2.90. The number of guanidine groups is 1. The molecule has 0 bridgehead atoms. The molecule has 148 valence electrons. The molecule has 2 heterocycles. The molecule has 0 aliphatic carbocycles. The number of aromatic amines is 1. The van der Waals surface area contributed by atoms with Crippen LogP contribution in [0.1, 0.15) is 11.1 Å². The van der Waals surface area contributed by atoms with Crippen molar-refractivity contribution in [3.63, 3.8) is 0 Å². The Hall–Kier alpha value is -2.13. The zero-order valence-corrected chi connectivity index (χ0v) is 18.5. The number of H-pyrrole nitrogens is 1. The standard InChI is InChI=1S/C20H21ClN4O2.HI/c1-22-20(25-10-13-2-5-18-19(8-13)27-12-26-18)23-7-6-14-11-24-17-4-3-15(21)9-16(14)17;/h2-5,8-9,11,24H,6-7,10,12H2,1H3,(H2,22,23,25);1H. The molecule has 0 spiro atoms. The number of benzene rings is 2. The number of ether oxygens (including phenoxy) is 2. The fourth-order valence-corrected chi connectivity index (χ4v) is 3.30. The van der Waals surface area contributed by atoms with Gasteiger partial charge in [0.1, 0.15) is 0 Å². The first kappa shape index (κ1) is 20.6. The van der Waals surface area contributed by atoms with E-state index in [1.807, 2.05) is 42.6 Å². The number of nitrogens with zero attached hydrogens (tertiary/aromatic N) is 1. The van der Waals surface area contributed by atoms with Crippen LogP contribution in [0.15, 0.2) is 47.6 Å². The van der Waals surface area contributed by atoms with Gasteiger partial charge >= 0.3 is 0 Å². The van der Waals surface area contributed by atoms with Crippen LogP contribution in [0.3, 0.4) is 0 Å². The Morgan fingerprint density at radius 2 is 2.00 bits per heavy atom. The molecular formula is C20H22ClIN4O2. The van der Waals surface area contributed by atoms with Crippen molar-refractivity contribution in [3.8, 4) is 11.5 Å². The first-order valence-corrected chi connectivity index (χ1v) is 9.19. The topological polar surface area (TPSA) is 70.7 Å². The van der Waals surface area contributed by atoms with Gasteiger partial charge in [-0.05, 0) is 47.9 Å². The van der Waals surface area contributed by atoms with Crippen LogP contribution in [0.5, 0.6) is 11.5 Å². The highest BCUT2D eigenvalue weighted by molar-refractivity contribution is 14.0. The number of hydrogen-bond acceptors (Lipinski definition) is 3. The summed E-state index contributed by atoms with van der Waals surface area (Å²) in [4.78, 5) is 7.56. The zero-order valence-electron chi connectivity index (χ0n) is 15.4. The minimum Gasteiger partial charge on any atom is -0.454 e. The number of aromatic nitrogens is 1. The van der Waals surface area contributed by atoms with E-state index >= 15 is 0 Å². The van der Waals surface area contributed by atoms with Crippen LogP contribution in [0.25, 0.3) is 10.9 Å². The van der Waals surface area contributed by atoms with Crippen molar-refractivity contribution in [2.45, 2.75) is 13.0 Å². The van der Waals surface area contributed by atoms with Crippen LogP contribution >= 0.6 is 35.6 Å².